The predicted molar refractivity (Wildman–Crippen MR) is 243 cm³/mol. The van der Waals surface area contributed by atoms with Crippen LogP contribution in [0.3, 0.4) is 0 Å². The second kappa shape index (κ2) is 20.3. The predicted octanol–water partition coefficient (Wildman–Crippen LogP) is 5.21. The van der Waals surface area contributed by atoms with Crippen molar-refractivity contribution < 1.29 is 36.3 Å². The number of amides is 2. The van der Waals surface area contributed by atoms with Crippen molar-refractivity contribution in [2.75, 3.05) is 97.1 Å². The summed E-state index contributed by atoms with van der Waals surface area (Å²) >= 11 is 0. The number of ether oxygens (including phenoxy) is 1. The first kappa shape index (κ1) is 46.6. The van der Waals surface area contributed by atoms with Gasteiger partial charge in [-0.3, -0.25) is 24.2 Å². The Morgan fingerprint density at radius 2 is 1.62 bits per heavy atom. The highest BCUT2D eigenvalue weighted by Crippen LogP contribution is 2.53. The lowest BCUT2D eigenvalue weighted by Crippen LogP contribution is -2.56. The lowest BCUT2D eigenvalue weighted by molar-refractivity contribution is -0.142. The van der Waals surface area contributed by atoms with Gasteiger partial charge in [0.25, 0.3) is 0 Å². The Bertz CT molecular complexity index is 2110. The summed E-state index contributed by atoms with van der Waals surface area (Å²) in [6.45, 7) is 10.3. The molecule has 15 heteroatoms. The molecule has 2 aromatic carbocycles. The highest BCUT2D eigenvalue weighted by atomic mass is 32.2. The number of benzene rings is 2. The van der Waals surface area contributed by atoms with Crippen LogP contribution in [0.25, 0.3) is 0 Å². The minimum Gasteiger partial charge on any atom is -0.469 e. The number of nitrogens with one attached hydrogen (secondary N) is 1. The van der Waals surface area contributed by atoms with Gasteiger partial charge >= 0.3 is 5.97 Å². The van der Waals surface area contributed by atoms with E-state index in [-0.39, 0.29) is 72.4 Å². The molecule has 6 aliphatic rings. The van der Waals surface area contributed by atoms with Crippen LogP contribution >= 0.6 is 0 Å². The molecule has 1 N–H and O–H groups in total. The number of hydrogen-bond acceptors (Lipinski definition) is 10. The van der Waals surface area contributed by atoms with Gasteiger partial charge < -0.3 is 24.8 Å². The molecule has 64 heavy (non-hydrogen) atoms. The molecular formula is C49H68F2N6O6S. The third-order valence-corrected chi connectivity index (χ3v) is 17.6. The molecule has 1 saturated carbocycles. The van der Waals surface area contributed by atoms with E-state index in [1.165, 1.54) is 39.4 Å². The molecule has 12 nitrogen and oxygen atoms in total. The zero-order valence-corrected chi connectivity index (χ0v) is 38.6. The molecule has 3 atom stereocenters. The van der Waals surface area contributed by atoms with Crippen LogP contribution in [0.15, 0.2) is 59.5 Å². The average Bonchev–Trinajstić information content (AvgIpc) is 3.69. The van der Waals surface area contributed by atoms with Crippen molar-refractivity contribution in [2.24, 2.45) is 23.7 Å². The number of alkyl halides is 1. The number of hydrogen-bond donors (Lipinski definition) is 1. The number of rotatable bonds is 17. The molecule has 5 saturated heterocycles. The summed E-state index contributed by atoms with van der Waals surface area (Å²) in [6.07, 6.45) is 11.0. The second-order valence-corrected chi connectivity index (χ2v) is 21.8. The third kappa shape index (κ3) is 10.4. The molecule has 2 aromatic rings. The van der Waals surface area contributed by atoms with Gasteiger partial charge in [-0.2, -0.15) is 0 Å². The van der Waals surface area contributed by atoms with Crippen LogP contribution in [0.2, 0.25) is 0 Å². The number of nitrogens with zero attached hydrogens (tertiary/aromatic N) is 5. The van der Waals surface area contributed by atoms with Crippen LogP contribution in [0.5, 0.6) is 0 Å². The Labute approximate surface area is 378 Å². The van der Waals surface area contributed by atoms with Crippen LogP contribution in [0.1, 0.15) is 75.8 Å². The monoisotopic (exact) mass is 906 g/mol. The number of likely N-dealkylation sites (tertiary alicyclic amines) is 4. The molecule has 5 heterocycles. The van der Waals surface area contributed by atoms with Crippen molar-refractivity contribution in [1.82, 2.24) is 24.9 Å². The quantitative estimate of drug-likeness (QED) is 0.167. The van der Waals surface area contributed by atoms with Crippen LogP contribution in [-0.4, -0.2) is 149 Å². The first-order valence-electron chi connectivity index (χ1n) is 23.8. The minimum absolute atomic E-state index is 0.0746. The number of esters is 1. The molecule has 1 aliphatic carbocycles. The fourth-order valence-electron chi connectivity index (χ4n) is 11.9. The summed E-state index contributed by atoms with van der Waals surface area (Å²) in [6, 6.07) is 12.5. The molecular weight excluding hydrogens is 839 g/mol. The van der Waals surface area contributed by atoms with Crippen molar-refractivity contribution >= 4 is 33.3 Å². The van der Waals surface area contributed by atoms with Gasteiger partial charge in [-0.25, -0.2) is 17.2 Å². The Hall–Kier alpha value is -3.92. The van der Waals surface area contributed by atoms with Gasteiger partial charge in [0.15, 0.2) is 9.84 Å². The molecule has 0 radical (unpaired) electrons. The number of methoxy groups -OCH3 is 1. The van der Waals surface area contributed by atoms with E-state index < -0.39 is 26.7 Å². The van der Waals surface area contributed by atoms with Gasteiger partial charge in [0.1, 0.15) is 17.2 Å². The van der Waals surface area contributed by atoms with Crippen LogP contribution in [0.4, 0.5) is 14.5 Å². The van der Waals surface area contributed by atoms with Crippen LogP contribution in [-0.2, 0) is 40.9 Å². The molecule has 0 unspecified atom stereocenters. The first-order valence-corrected chi connectivity index (χ1v) is 25.3. The Kier molecular flexibility index (Phi) is 14.8. The molecule has 6 fully saturated rings. The normalized spacial score (nSPS) is 24.6. The van der Waals surface area contributed by atoms with Crippen molar-refractivity contribution in [3.8, 4) is 0 Å². The van der Waals surface area contributed by atoms with E-state index in [4.69, 9.17) is 4.74 Å². The van der Waals surface area contributed by atoms with Gasteiger partial charge in [0, 0.05) is 102 Å². The Morgan fingerprint density at radius 3 is 2.31 bits per heavy atom. The van der Waals surface area contributed by atoms with E-state index in [2.05, 4.69) is 20.0 Å². The number of sulfone groups is 1. The Balaban J connectivity index is 0.896. The summed E-state index contributed by atoms with van der Waals surface area (Å²) in [5.41, 5.74) is 1.99. The number of carbonyl (C=O) groups excluding carboxylic acids is 3. The largest absolute Gasteiger partial charge is 0.469 e. The molecule has 0 bridgehead atoms. The summed E-state index contributed by atoms with van der Waals surface area (Å²) in [5.74, 6) is -0.0798. The fraction of sp³-hybridized carbons (Fsp3) is 0.653. The highest BCUT2D eigenvalue weighted by molar-refractivity contribution is 7.92. The van der Waals surface area contributed by atoms with Gasteiger partial charge in [-0.05, 0) is 124 Å². The van der Waals surface area contributed by atoms with E-state index in [0.717, 1.165) is 95.7 Å². The van der Waals surface area contributed by atoms with E-state index in [9.17, 15) is 27.2 Å². The van der Waals surface area contributed by atoms with E-state index in [1.54, 1.807) is 29.2 Å². The fourth-order valence-corrected chi connectivity index (χ4v) is 13.8. The number of halogens is 2. The van der Waals surface area contributed by atoms with Gasteiger partial charge in [0.2, 0.25) is 11.8 Å². The van der Waals surface area contributed by atoms with Crippen molar-refractivity contribution in [3.63, 3.8) is 0 Å². The van der Waals surface area contributed by atoms with Crippen molar-refractivity contribution in [1.29, 1.82) is 0 Å². The standard InChI is InChI=1S/C49H68F2N6O6S/c1-35(58)52-34-49(40-10-7-11-41(50)25-40,45-12-6-9-37(45)24-48(60)63-2)39-16-21-54(22-17-39)26-36-27-56(28-36)43-14-15-46(38(23-43)29-55-30-42(51)31-55)64(61,62)44-32-57(33-44)47(59)13-8-20-53-18-4-3-5-19-53/h7-8,10-11,13-15,23,25,36-37,39,42,44-45H,3-6,9,12,16-22,24,26-34H2,1-2H3,(H,52,58)/b13-8+/t37-,45+,49+/m1/s1. The maximum atomic E-state index is 15.0. The van der Waals surface area contributed by atoms with Gasteiger partial charge in [-0.15, -0.1) is 0 Å². The van der Waals surface area contributed by atoms with Crippen molar-refractivity contribution in [3.05, 3.63) is 71.6 Å². The zero-order valence-electron chi connectivity index (χ0n) is 37.8. The summed E-state index contributed by atoms with van der Waals surface area (Å²) < 4.78 is 62.2. The lowest BCUT2D eigenvalue weighted by atomic mass is 9.57. The SMILES string of the molecule is COC(=O)C[C@H]1CCC[C@@H]1[C@](CNC(C)=O)(c1cccc(F)c1)C1CCN(CC2CN(c3ccc(S(=O)(=O)C4CN(C(=O)/C=C/CN5CCCCC5)C4)c(CN4CC(F)C4)c3)C2)CC1. The van der Waals surface area contributed by atoms with Crippen molar-refractivity contribution in [2.45, 2.75) is 93.0 Å². The molecule has 350 valence electrons. The number of carbonyl (C=O) groups is 3. The highest BCUT2D eigenvalue weighted by Gasteiger charge is 2.52. The molecule has 0 aromatic heterocycles. The topological polar surface area (TPSA) is 123 Å². The summed E-state index contributed by atoms with van der Waals surface area (Å²) in [7, 11) is -2.31. The maximum Gasteiger partial charge on any atom is 0.305 e. The average molecular weight is 907 g/mol. The molecule has 0 spiro atoms. The van der Waals surface area contributed by atoms with E-state index >= 15 is 4.39 Å². The molecule has 5 aliphatic heterocycles. The molecule has 8 rings (SSSR count). The second-order valence-electron chi connectivity index (χ2n) is 19.6. The smallest absolute Gasteiger partial charge is 0.305 e. The summed E-state index contributed by atoms with van der Waals surface area (Å²) in [5, 5.41) is 2.47. The van der Waals surface area contributed by atoms with Crippen LogP contribution < -0.4 is 10.2 Å². The van der Waals surface area contributed by atoms with Gasteiger partial charge in [0.05, 0.1) is 12.0 Å². The Morgan fingerprint density at radius 1 is 0.875 bits per heavy atom. The first-order chi connectivity index (χ1) is 30.8. The van der Waals surface area contributed by atoms with Crippen LogP contribution in [0, 0.1) is 29.5 Å². The van der Waals surface area contributed by atoms with E-state index in [1.807, 2.05) is 29.2 Å². The molecule has 2 amide bonds. The minimum atomic E-state index is -3.73. The third-order valence-electron chi connectivity index (χ3n) is 15.5. The summed E-state index contributed by atoms with van der Waals surface area (Å²) in [4.78, 5) is 48.9. The maximum absolute atomic E-state index is 15.0. The number of piperidine rings is 2. The van der Waals surface area contributed by atoms with E-state index in [0.29, 0.717) is 31.0 Å². The van der Waals surface area contributed by atoms with Gasteiger partial charge in [-0.1, -0.05) is 31.1 Å². The number of anilines is 1. The lowest BCUT2D eigenvalue weighted by Gasteiger charge is -2.51. The zero-order chi connectivity index (χ0) is 45.0.